The number of amides is 2. The molecule has 152 valence electrons. The lowest BCUT2D eigenvalue weighted by molar-refractivity contribution is -0.124. The van der Waals surface area contributed by atoms with Crippen LogP contribution in [0.2, 0.25) is 0 Å². The Morgan fingerprint density at radius 2 is 1.76 bits per heavy atom. The lowest BCUT2D eigenvalue weighted by atomic mass is 10.1. The van der Waals surface area contributed by atoms with Gasteiger partial charge in [0, 0.05) is 13.2 Å². The minimum Gasteiger partial charge on any atom is -0.452 e. The first kappa shape index (κ1) is 20.5. The zero-order valence-electron chi connectivity index (χ0n) is 16.1. The molecule has 1 heterocycles. The second-order valence-electron chi connectivity index (χ2n) is 6.77. The minimum absolute atomic E-state index is 0.0233. The molecule has 3 rings (SSSR count). The van der Waals surface area contributed by atoms with Crippen molar-refractivity contribution < 1.29 is 23.9 Å². The van der Waals surface area contributed by atoms with Crippen molar-refractivity contribution in [2.45, 2.75) is 25.4 Å². The molecule has 2 aromatic rings. The monoisotopic (exact) mass is 396 g/mol. The van der Waals surface area contributed by atoms with Gasteiger partial charge in [0.2, 0.25) is 5.91 Å². The maximum absolute atomic E-state index is 12.4. The van der Waals surface area contributed by atoms with Crippen LogP contribution >= 0.6 is 0 Å². The molecule has 2 amide bonds. The number of anilines is 1. The first-order valence-electron chi connectivity index (χ1n) is 9.60. The van der Waals surface area contributed by atoms with Crippen LogP contribution < -0.4 is 10.6 Å². The standard InChI is InChI=1S/C22H24N2O5/c25-20(13-16-7-2-1-3-8-16)24-19-11-5-4-10-18(19)22(27)29-15-21(26)23-14-17-9-6-12-28-17/h1-5,7-8,10-11,17H,6,9,12-15H2,(H,23,26)(H,24,25)/t17-/m0/s1. The molecule has 0 radical (unpaired) electrons. The van der Waals surface area contributed by atoms with E-state index in [1.54, 1.807) is 24.3 Å². The van der Waals surface area contributed by atoms with Gasteiger partial charge < -0.3 is 20.1 Å². The van der Waals surface area contributed by atoms with Gasteiger partial charge in [-0.1, -0.05) is 42.5 Å². The summed E-state index contributed by atoms with van der Waals surface area (Å²) in [5.41, 5.74) is 1.41. The minimum atomic E-state index is -0.673. The van der Waals surface area contributed by atoms with Crippen LogP contribution in [0.15, 0.2) is 54.6 Å². The predicted octanol–water partition coefficient (Wildman–Crippen LogP) is 2.32. The molecule has 0 bridgehead atoms. The molecule has 29 heavy (non-hydrogen) atoms. The van der Waals surface area contributed by atoms with Gasteiger partial charge in [-0.3, -0.25) is 9.59 Å². The summed E-state index contributed by atoms with van der Waals surface area (Å²) in [6.07, 6.45) is 2.11. The Balaban J connectivity index is 1.51. The fourth-order valence-corrected chi connectivity index (χ4v) is 3.04. The van der Waals surface area contributed by atoms with Gasteiger partial charge in [0.05, 0.1) is 23.8 Å². The van der Waals surface area contributed by atoms with E-state index in [-0.39, 0.29) is 29.9 Å². The molecule has 2 N–H and O–H groups in total. The third-order valence-electron chi connectivity index (χ3n) is 4.51. The zero-order chi connectivity index (χ0) is 20.5. The van der Waals surface area contributed by atoms with Gasteiger partial charge in [-0.05, 0) is 30.5 Å². The van der Waals surface area contributed by atoms with Crippen LogP contribution in [0.1, 0.15) is 28.8 Å². The van der Waals surface area contributed by atoms with E-state index in [4.69, 9.17) is 9.47 Å². The quantitative estimate of drug-likeness (QED) is 0.668. The molecule has 1 aliphatic rings. The summed E-state index contributed by atoms with van der Waals surface area (Å²) < 4.78 is 10.5. The third kappa shape index (κ3) is 6.43. The fraction of sp³-hybridized carbons (Fsp3) is 0.318. The van der Waals surface area contributed by atoms with Gasteiger partial charge in [-0.2, -0.15) is 0 Å². The zero-order valence-corrected chi connectivity index (χ0v) is 16.1. The molecular formula is C22H24N2O5. The number of hydrogen-bond donors (Lipinski definition) is 2. The number of para-hydroxylation sites is 1. The number of nitrogens with one attached hydrogen (secondary N) is 2. The van der Waals surface area contributed by atoms with E-state index in [9.17, 15) is 14.4 Å². The van der Waals surface area contributed by atoms with Crippen molar-refractivity contribution in [2.75, 3.05) is 25.1 Å². The van der Waals surface area contributed by atoms with Crippen LogP contribution in [0.4, 0.5) is 5.69 Å². The summed E-state index contributed by atoms with van der Waals surface area (Å²) >= 11 is 0. The topological polar surface area (TPSA) is 93.7 Å². The Morgan fingerprint density at radius 1 is 1.00 bits per heavy atom. The summed E-state index contributed by atoms with van der Waals surface area (Å²) in [7, 11) is 0. The summed E-state index contributed by atoms with van der Waals surface area (Å²) in [5, 5.41) is 5.43. The molecule has 1 aliphatic heterocycles. The van der Waals surface area contributed by atoms with Gasteiger partial charge in [-0.15, -0.1) is 0 Å². The van der Waals surface area contributed by atoms with E-state index < -0.39 is 12.6 Å². The highest BCUT2D eigenvalue weighted by atomic mass is 16.5. The second kappa shape index (κ2) is 10.4. The Kier molecular flexibility index (Phi) is 7.35. The van der Waals surface area contributed by atoms with E-state index in [1.165, 1.54) is 0 Å². The number of carbonyl (C=O) groups is 3. The van der Waals surface area contributed by atoms with Crippen molar-refractivity contribution >= 4 is 23.5 Å². The molecule has 2 aromatic carbocycles. The normalized spacial score (nSPS) is 15.5. The van der Waals surface area contributed by atoms with E-state index in [1.807, 2.05) is 30.3 Å². The highest BCUT2D eigenvalue weighted by Gasteiger charge is 2.18. The van der Waals surface area contributed by atoms with E-state index in [2.05, 4.69) is 10.6 Å². The van der Waals surface area contributed by atoms with Crippen molar-refractivity contribution in [3.63, 3.8) is 0 Å². The summed E-state index contributed by atoms with van der Waals surface area (Å²) in [6, 6.07) is 15.9. The number of ether oxygens (including phenoxy) is 2. The molecule has 1 saturated heterocycles. The fourth-order valence-electron chi connectivity index (χ4n) is 3.04. The van der Waals surface area contributed by atoms with Gasteiger partial charge in [-0.25, -0.2) is 4.79 Å². The molecule has 1 atom stereocenters. The van der Waals surface area contributed by atoms with E-state index in [0.717, 1.165) is 18.4 Å². The summed E-state index contributed by atoms with van der Waals surface area (Å²) in [6.45, 7) is 0.725. The lowest BCUT2D eigenvalue weighted by Gasteiger charge is -2.12. The van der Waals surface area contributed by atoms with Crippen molar-refractivity contribution in [1.82, 2.24) is 5.32 Å². The van der Waals surface area contributed by atoms with Crippen molar-refractivity contribution in [2.24, 2.45) is 0 Å². The predicted molar refractivity (Wildman–Crippen MR) is 107 cm³/mol. The maximum Gasteiger partial charge on any atom is 0.340 e. The molecule has 0 aromatic heterocycles. The highest BCUT2D eigenvalue weighted by molar-refractivity contribution is 6.02. The van der Waals surface area contributed by atoms with Crippen LogP contribution in [0, 0.1) is 0 Å². The molecule has 0 spiro atoms. The van der Waals surface area contributed by atoms with Gasteiger partial charge in [0.1, 0.15) is 0 Å². The van der Waals surface area contributed by atoms with Crippen molar-refractivity contribution in [1.29, 1.82) is 0 Å². The molecule has 7 heteroatoms. The largest absolute Gasteiger partial charge is 0.452 e. The van der Waals surface area contributed by atoms with Crippen LogP contribution in [0.25, 0.3) is 0 Å². The Hall–Kier alpha value is -3.19. The van der Waals surface area contributed by atoms with Gasteiger partial charge >= 0.3 is 5.97 Å². The lowest BCUT2D eigenvalue weighted by Crippen LogP contribution is -2.34. The first-order chi connectivity index (χ1) is 14.1. The van der Waals surface area contributed by atoms with Crippen LogP contribution in [0.3, 0.4) is 0 Å². The number of rotatable bonds is 8. The molecule has 7 nitrogen and oxygen atoms in total. The van der Waals surface area contributed by atoms with Crippen LogP contribution in [-0.2, 0) is 25.5 Å². The molecule has 0 aliphatic carbocycles. The van der Waals surface area contributed by atoms with Crippen molar-refractivity contribution in [3.05, 3.63) is 65.7 Å². The average molecular weight is 396 g/mol. The SMILES string of the molecule is O=C(COC(=O)c1ccccc1NC(=O)Cc1ccccc1)NC[C@@H]1CCCO1. The molecular weight excluding hydrogens is 372 g/mol. The molecule has 1 fully saturated rings. The first-order valence-corrected chi connectivity index (χ1v) is 9.60. The Bertz CT molecular complexity index is 847. The summed E-state index contributed by atoms with van der Waals surface area (Å²) in [5.74, 6) is -1.31. The van der Waals surface area contributed by atoms with Gasteiger partial charge in [0.25, 0.3) is 5.91 Å². The highest BCUT2D eigenvalue weighted by Crippen LogP contribution is 2.17. The maximum atomic E-state index is 12.4. The summed E-state index contributed by atoms with van der Waals surface area (Å²) in [4.78, 5) is 36.6. The van der Waals surface area contributed by atoms with Gasteiger partial charge in [0.15, 0.2) is 6.61 Å². The number of benzene rings is 2. The number of esters is 1. The Morgan fingerprint density at radius 3 is 2.52 bits per heavy atom. The molecule has 0 saturated carbocycles. The van der Waals surface area contributed by atoms with E-state index in [0.29, 0.717) is 18.8 Å². The smallest absolute Gasteiger partial charge is 0.340 e. The number of carbonyl (C=O) groups excluding carboxylic acids is 3. The third-order valence-corrected chi connectivity index (χ3v) is 4.51. The van der Waals surface area contributed by atoms with Crippen molar-refractivity contribution in [3.8, 4) is 0 Å². The number of hydrogen-bond acceptors (Lipinski definition) is 5. The van der Waals surface area contributed by atoms with Crippen LogP contribution in [0.5, 0.6) is 0 Å². The Labute approximate surface area is 169 Å². The van der Waals surface area contributed by atoms with E-state index >= 15 is 0 Å². The molecule has 0 unspecified atom stereocenters. The van der Waals surface area contributed by atoms with Crippen LogP contribution in [-0.4, -0.2) is 43.6 Å². The second-order valence-corrected chi connectivity index (χ2v) is 6.77. The average Bonchev–Trinajstić information content (AvgIpc) is 3.25.